The van der Waals surface area contributed by atoms with Crippen molar-refractivity contribution in [3.05, 3.63) is 30.6 Å². The maximum Gasteiger partial charge on any atom is 0.0958 e. The molecule has 4 nitrogen and oxygen atoms in total. The second-order valence-electron chi connectivity index (χ2n) is 5.00. The van der Waals surface area contributed by atoms with Gasteiger partial charge in [-0.05, 0) is 30.9 Å². The molecule has 1 unspecified atom stereocenters. The first-order chi connectivity index (χ1) is 8.84. The van der Waals surface area contributed by atoms with Crippen LogP contribution in [0.15, 0.2) is 30.6 Å². The molecule has 2 N–H and O–H groups in total. The molecule has 2 aromatic rings. The molecule has 1 saturated heterocycles. The van der Waals surface area contributed by atoms with Gasteiger partial charge in [0.2, 0.25) is 0 Å². The molecule has 0 spiro atoms. The first kappa shape index (κ1) is 11.7. The van der Waals surface area contributed by atoms with Gasteiger partial charge in [-0.25, -0.2) is 4.98 Å². The van der Waals surface area contributed by atoms with Crippen molar-refractivity contribution in [2.45, 2.75) is 25.4 Å². The molecule has 96 valence electrons. The maximum atomic E-state index is 6.33. The lowest BCUT2D eigenvalue weighted by atomic mass is 9.92. The molecule has 18 heavy (non-hydrogen) atoms. The van der Waals surface area contributed by atoms with Crippen molar-refractivity contribution < 1.29 is 4.74 Å². The molecule has 0 radical (unpaired) electrons. The zero-order valence-electron chi connectivity index (χ0n) is 10.5. The van der Waals surface area contributed by atoms with Crippen molar-refractivity contribution in [2.75, 3.05) is 13.2 Å². The number of hydrogen-bond acceptors (Lipinski definition) is 3. The fourth-order valence-corrected chi connectivity index (χ4v) is 2.68. The maximum absolute atomic E-state index is 6.33. The van der Waals surface area contributed by atoms with Crippen LogP contribution in [0.4, 0.5) is 0 Å². The first-order valence-corrected chi connectivity index (χ1v) is 6.58. The highest BCUT2D eigenvalue weighted by atomic mass is 16.5. The van der Waals surface area contributed by atoms with Gasteiger partial charge in [-0.1, -0.05) is 12.1 Å². The highest BCUT2D eigenvalue weighted by molar-refractivity contribution is 5.74. The van der Waals surface area contributed by atoms with Crippen molar-refractivity contribution in [3.8, 4) is 0 Å². The average Bonchev–Trinajstić information content (AvgIpc) is 2.83. The third-order valence-electron chi connectivity index (χ3n) is 3.81. The number of benzene rings is 1. The average molecular weight is 245 g/mol. The Morgan fingerprint density at radius 3 is 2.94 bits per heavy atom. The number of ether oxygens (including phenoxy) is 1. The van der Waals surface area contributed by atoms with Gasteiger partial charge in [0.15, 0.2) is 0 Å². The topological polar surface area (TPSA) is 53.1 Å². The van der Waals surface area contributed by atoms with E-state index in [9.17, 15) is 0 Å². The van der Waals surface area contributed by atoms with Crippen LogP contribution in [-0.2, 0) is 11.3 Å². The van der Waals surface area contributed by atoms with Crippen LogP contribution in [0.2, 0.25) is 0 Å². The van der Waals surface area contributed by atoms with Crippen LogP contribution >= 0.6 is 0 Å². The minimum atomic E-state index is 0.187. The van der Waals surface area contributed by atoms with Crippen molar-refractivity contribution in [2.24, 2.45) is 11.7 Å². The van der Waals surface area contributed by atoms with Crippen molar-refractivity contribution in [1.29, 1.82) is 0 Å². The van der Waals surface area contributed by atoms with E-state index < -0.39 is 0 Å². The van der Waals surface area contributed by atoms with E-state index in [-0.39, 0.29) is 6.04 Å². The summed E-state index contributed by atoms with van der Waals surface area (Å²) in [5.41, 5.74) is 8.53. The zero-order chi connectivity index (χ0) is 12.4. The van der Waals surface area contributed by atoms with Gasteiger partial charge in [-0.2, -0.15) is 0 Å². The summed E-state index contributed by atoms with van der Waals surface area (Å²) >= 11 is 0. The molecule has 1 atom stereocenters. The van der Waals surface area contributed by atoms with Crippen LogP contribution in [0.5, 0.6) is 0 Å². The van der Waals surface area contributed by atoms with E-state index in [2.05, 4.69) is 15.6 Å². The molecule has 0 aliphatic carbocycles. The Labute approximate surface area is 107 Å². The number of imidazole rings is 1. The molecule has 0 amide bonds. The molecule has 0 saturated carbocycles. The quantitative estimate of drug-likeness (QED) is 0.897. The normalized spacial score (nSPS) is 19.2. The molecule has 1 aromatic heterocycles. The zero-order valence-corrected chi connectivity index (χ0v) is 10.5. The minimum Gasteiger partial charge on any atom is -0.381 e. The van der Waals surface area contributed by atoms with Gasteiger partial charge in [0.05, 0.1) is 17.4 Å². The number of hydrogen-bond donors (Lipinski definition) is 1. The molecule has 1 aliphatic rings. The minimum absolute atomic E-state index is 0.187. The van der Waals surface area contributed by atoms with E-state index in [4.69, 9.17) is 10.5 Å². The lowest BCUT2D eigenvalue weighted by Gasteiger charge is -2.27. The second-order valence-corrected chi connectivity index (χ2v) is 5.00. The monoisotopic (exact) mass is 245 g/mol. The third kappa shape index (κ3) is 2.26. The molecular weight excluding hydrogens is 226 g/mol. The highest BCUT2D eigenvalue weighted by Crippen LogP contribution is 2.20. The van der Waals surface area contributed by atoms with Gasteiger partial charge in [0.1, 0.15) is 0 Å². The van der Waals surface area contributed by atoms with Gasteiger partial charge in [0, 0.05) is 25.8 Å². The van der Waals surface area contributed by atoms with Crippen LogP contribution in [0.3, 0.4) is 0 Å². The molecular formula is C14H19N3O. The molecule has 0 bridgehead atoms. The van der Waals surface area contributed by atoms with E-state index in [0.29, 0.717) is 5.92 Å². The van der Waals surface area contributed by atoms with Crippen LogP contribution in [0, 0.1) is 5.92 Å². The molecule has 1 fully saturated rings. The number of para-hydroxylation sites is 2. The number of fused-ring (bicyclic) bond motifs is 1. The molecule has 1 aromatic carbocycles. The van der Waals surface area contributed by atoms with Gasteiger partial charge >= 0.3 is 0 Å². The summed E-state index contributed by atoms with van der Waals surface area (Å²) in [6.45, 7) is 2.54. The summed E-state index contributed by atoms with van der Waals surface area (Å²) in [5.74, 6) is 0.569. The van der Waals surface area contributed by atoms with Crippen LogP contribution < -0.4 is 5.73 Å². The van der Waals surface area contributed by atoms with E-state index in [0.717, 1.165) is 38.1 Å². The number of aromatic nitrogens is 2. The second kappa shape index (κ2) is 5.08. The van der Waals surface area contributed by atoms with Gasteiger partial charge in [-0.3, -0.25) is 0 Å². The van der Waals surface area contributed by atoms with Crippen molar-refractivity contribution >= 4 is 11.0 Å². The van der Waals surface area contributed by atoms with Crippen molar-refractivity contribution in [3.63, 3.8) is 0 Å². The van der Waals surface area contributed by atoms with E-state index in [1.54, 1.807) is 0 Å². The number of rotatable bonds is 3. The highest BCUT2D eigenvalue weighted by Gasteiger charge is 2.21. The largest absolute Gasteiger partial charge is 0.381 e. The number of nitrogens with zero attached hydrogens (tertiary/aromatic N) is 2. The summed E-state index contributed by atoms with van der Waals surface area (Å²) in [6, 6.07) is 8.37. The SMILES string of the molecule is NC(Cn1cnc2ccccc21)C1CCOCC1. The van der Waals surface area contributed by atoms with Crippen LogP contribution in [0.1, 0.15) is 12.8 Å². The Balaban J connectivity index is 1.75. The third-order valence-corrected chi connectivity index (χ3v) is 3.81. The Morgan fingerprint density at radius 2 is 2.11 bits per heavy atom. The van der Waals surface area contributed by atoms with Crippen LogP contribution in [-0.4, -0.2) is 28.8 Å². The standard InChI is InChI=1S/C14H19N3O/c15-12(11-5-7-18-8-6-11)9-17-10-16-13-3-1-2-4-14(13)17/h1-4,10-12H,5-9,15H2. The Bertz CT molecular complexity index is 516. The Hall–Kier alpha value is -1.39. The summed E-state index contributed by atoms with van der Waals surface area (Å²) in [6.07, 6.45) is 4.05. The molecule has 1 aliphatic heterocycles. The lowest BCUT2D eigenvalue weighted by Crippen LogP contribution is -2.37. The molecule has 2 heterocycles. The van der Waals surface area contributed by atoms with E-state index in [1.165, 1.54) is 5.52 Å². The summed E-state index contributed by atoms with van der Waals surface area (Å²) in [5, 5.41) is 0. The predicted molar refractivity (Wildman–Crippen MR) is 71.3 cm³/mol. The lowest BCUT2D eigenvalue weighted by molar-refractivity contribution is 0.0567. The Kier molecular flexibility index (Phi) is 3.30. The van der Waals surface area contributed by atoms with Gasteiger partial charge in [-0.15, -0.1) is 0 Å². The Morgan fingerprint density at radius 1 is 1.33 bits per heavy atom. The van der Waals surface area contributed by atoms with Gasteiger partial charge < -0.3 is 15.0 Å². The van der Waals surface area contributed by atoms with Gasteiger partial charge in [0.25, 0.3) is 0 Å². The van der Waals surface area contributed by atoms with Crippen LogP contribution in [0.25, 0.3) is 11.0 Å². The summed E-state index contributed by atoms with van der Waals surface area (Å²) in [7, 11) is 0. The van der Waals surface area contributed by atoms with Crippen molar-refractivity contribution in [1.82, 2.24) is 9.55 Å². The fraction of sp³-hybridized carbons (Fsp3) is 0.500. The molecule has 4 heteroatoms. The smallest absolute Gasteiger partial charge is 0.0958 e. The van der Waals surface area contributed by atoms with E-state index >= 15 is 0 Å². The fourth-order valence-electron chi connectivity index (χ4n) is 2.68. The summed E-state index contributed by atoms with van der Waals surface area (Å²) in [4.78, 5) is 4.40. The number of nitrogens with two attached hydrogens (primary N) is 1. The van der Waals surface area contributed by atoms with E-state index in [1.807, 2.05) is 24.5 Å². The first-order valence-electron chi connectivity index (χ1n) is 6.58. The molecule has 3 rings (SSSR count). The summed E-state index contributed by atoms with van der Waals surface area (Å²) < 4.78 is 7.54. The predicted octanol–water partition coefficient (Wildman–Crippen LogP) is 1.79.